The Morgan fingerprint density at radius 2 is 1.40 bits per heavy atom. The number of aromatic nitrogens is 2. The van der Waals surface area contributed by atoms with Crippen LogP contribution in [-0.4, -0.2) is 105 Å². The van der Waals surface area contributed by atoms with Gasteiger partial charge in [0, 0.05) is 50.5 Å². The van der Waals surface area contributed by atoms with Gasteiger partial charge < -0.3 is 35.2 Å². The first-order valence-corrected chi connectivity index (χ1v) is 18.4. The first-order chi connectivity index (χ1) is 24.5. The lowest BCUT2D eigenvalue weighted by molar-refractivity contribution is -0.154. The van der Waals surface area contributed by atoms with E-state index in [4.69, 9.17) is 9.47 Å². The molecule has 3 aliphatic carbocycles. The number of nitrogens with zero attached hydrogens (tertiary/aromatic N) is 4. The van der Waals surface area contributed by atoms with Crippen LogP contribution in [0, 0.1) is 5.41 Å². The second-order valence-corrected chi connectivity index (χ2v) is 17.5. The van der Waals surface area contributed by atoms with Crippen LogP contribution in [0.3, 0.4) is 0 Å². The minimum absolute atomic E-state index is 0.130. The predicted molar refractivity (Wildman–Crippen MR) is 200 cm³/mol. The van der Waals surface area contributed by atoms with E-state index in [9.17, 15) is 24.0 Å². The van der Waals surface area contributed by atoms with E-state index in [-0.39, 0.29) is 61.0 Å². The normalized spacial score (nSPS) is 21.8. The molecular formula is C38H56N8O7. The van der Waals surface area contributed by atoms with Gasteiger partial charge >= 0.3 is 23.9 Å². The van der Waals surface area contributed by atoms with Crippen molar-refractivity contribution < 1.29 is 28.7 Å². The van der Waals surface area contributed by atoms with Gasteiger partial charge in [-0.25, -0.2) is 19.2 Å². The summed E-state index contributed by atoms with van der Waals surface area (Å²) in [4.78, 5) is 70.6. The third-order valence-corrected chi connectivity index (χ3v) is 9.70. The van der Waals surface area contributed by atoms with Crippen LogP contribution in [0.25, 0.3) is 5.69 Å². The van der Waals surface area contributed by atoms with Crippen LogP contribution in [0.2, 0.25) is 0 Å². The number of rotatable bonds is 10. The topological polar surface area (TPSA) is 176 Å². The van der Waals surface area contributed by atoms with Crippen molar-refractivity contribution in [1.29, 1.82) is 0 Å². The number of alkyl carbamates (subject to hydrolysis) is 2. The van der Waals surface area contributed by atoms with E-state index in [1.165, 1.54) is 4.57 Å². The van der Waals surface area contributed by atoms with Gasteiger partial charge in [-0.2, -0.15) is 4.98 Å². The summed E-state index contributed by atoms with van der Waals surface area (Å²) in [6, 6.07) is 9.17. The summed E-state index contributed by atoms with van der Waals surface area (Å²) < 4.78 is 12.1. The standard InChI is InChI=1S/C38H56N8O7/c1-25(42-38-21-37(22-38,23-38)24-39-32(50)52-34(2,3)4)20-26-10-12-27(13-11-26)46-15-14-28(41-31(46)49)40-30(48)45-18-16-44(17-19-45)29(47)36(8,9)43-33(51)53-35(5,6)7/h10-15,25,42H,16-24H2,1-9H3,(H,39,50)(H,43,51)(H,40,41,48,49). The maximum absolute atomic E-state index is 13.2. The number of ether oxygens (including phenoxy) is 2. The van der Waals surface area contributed by atoms with Crippen molar-refractivity contribution in [1.82, 2.24) is 35.3 Å². The molecule has 0 radical (unpaired) electrons. The van der Waals surface area contributed by atoms with Crippen molar-refractivity contribution in [2.45, 2.75) is 116 Å². The molecular weight excluding hydrogens is 680 g/mol. The highest BCUT2D eigenvalue weighted by atomic mass is 16.6. The minimum atomic E-state index is -1.19. The van der Waals surface area contributed by atoms with E-state index in [0.717, 1.165) is 31.2 Å². The number of urea groups is 1. The Balaban J connectivity index is 1.05. The summed E-state index contributed by atoms with van der Waals surface area (Å²) in [5.41, 5.74) is -0.819. The summed E-state index contributed by atoms with van der Waals surface area (Å²) in [5.74, 6) is -0.150. The Kier molecular flexibility index (Phi) is 10.9. The van der Waals surface area contributed by atoms with Gasteiger partial charge in [0.1, 0.15) is 22.6 Å². The molecule has 1 aromatic carbocycles. The van der Waals surface area contributed by atoms with Crippen molar-refractivity contribution in [3.63, 3.8) is 0 Å². The average Bonchev–Trinajstić information content (AvgIpc) is 2.99. The number of amides is 5. The van der Waals surface area contributed by atoms with Gasteiger partial charge in [-0.3, -0.25) is 14.7 Å². The van der Waals surface area contributed by atoms with Gasteiger partial charge in [0.15, 0.2) is 0 Å². The maximum Gasteiger partial charge on any atom is 0.408 e. The number of carbonyl (C=O) groups excluding carboxylic acids is 4. The smallest absolute Gasteiger partial charge is 0.408 e. The third kappa shape index (κ3) is 10.1. The Morgan fingerprint density at radius 1 is 0.830 bits per heavy atom. The molecule has 290 valence electrons. The Hall–Kier alpha value is -4.66. The van der Waals surface area contributed by atoms with Crippen LogP contribution in [0.15, 0.2) is 41.3 Å². The molecule has 1 unspecified atom stereocenters. The molecule has 15 nitrogen and oxygen atoms in total. The van der Waals surface area contributed by atoms with Gasteiger partial charge in [-0.1, -0.05) is 12.1 Å². The molecule has 5 amide bonds. The third-order valence-electron chi connectivity index (χ3n) is 9.70. The van der Waals surface area contributed by atoms with Gasteiger partial charge in [0.2, 0.25) is 5.91 Å². The number of nitrogens with one attached hydrogen (secondary N) is 4. The molecule has 4 fully saturated rings. The van der Waals surface area contributed by atoms with E-state index >= 15 is 0 Å². The molecule has 0 spiro atoms. The summed E-state index contributed by atoms with van der Waals surface area (Å²) in [7, 11) is 0. The minimum Gasteiger partial charge on any atom is -0.444 e. The molecule has 53 heavy (non-hydrogen) atoms. The number of carbonyl (C=O) groups is 4. The van der Waals surface area contributed by atoms with Crippen LogP contribution in [-0.2, 0) is 20.7 Å². The fourth-order valence-electron chi connectivity index (χ4n) is 7.61. The van der Waals surface area contributed by atoms with Gasteiger partial charge in [0.25, 0.3) is 0 Å². The lowest BCUT2D eigenvalue weighted by Crippen LogP contribution is -2.77. The van der Waals surface area contributed by atoms with Crippen molar-refractivity contribution >= 4 is 29.9 Å². The van der Waals surface area contributed by atoms with Crippen molar-refractivity contribution in [2.24, 2.45) is 5.41 Å². The molecule has 4 N–H and O–H groups in total. The van der Waals surface area contributed by atoms with Crippen molar-refractivity contribution in [3.05, 3.63) is 52.6 Å². The zero-order valence-electron chi connectivity index (χ0n) is 32.6. The van der Waals surface area contributed by atoms with Gasteiger partial charge in [0.05, 0.1) is 5.69 Å². The van der Waals surface area contributed by atoms with E-state index in [2.05, 4.69) is 33.2 Å². The Labute approximate surface area is 311 Å². The number of anilines is 1. The molecule has 4 aliphatic rings. The summed E-state index contributed by atoms with van der Waals surface area (Å²) in [6.45, 7) is 18.0. The molecule has 15 heteroatoms. The quantitative estimate of drug-likeness (QED) is 0.279. The van der Waals surface area contributed by atoms with Crippen LogP contribution >= 0.6 is 0 Å². The summed E-state index contributed by atoms with van der Waals surface area (Å²) >= 11 is 0. The SMILES string of the molecule is CC(Cc1ccc(-n2ccc(NC(=O)N3CCN(C(=O)C(C)(C)NC(=O)OC(C)(C)C)CC3)nc2=O)cc1)NC12CC(CNC(=O)OC(C)(C)C)(C1)C2. The first kappa shape index (κ1) is 39.5. The molecule has 6 rings (SSSR count). The van der Waals surface area contributed by atoms with Crippen LogP contribution < -0.4 is 27.0 Å². The summed E-state index contributed by atoms with van der Waals surface area (Å²) in [6.07, 6.45) is 4.48. The maximum atomic E-state index is 13.2. The number of piperazine rings is 1. The van der Waals surface area contributed by atoms with E-state index in [1.54, 1.807) is 56.7 Å². The fourth-order valence-corrected chi connectivity index (χ4v) is 7.61. The molecule has 2 heterocycles. The lowest BCUT2D eigenvalue weighted by atomic mass is 9.39. The van der Waals surface area contributed by atoms with E-state index < -0.39 is 34.6 Å². The fraction of sp³-hybridized carbons (Fsp3) is 0.632. The molecule has 1 saturated heterocycles. The molecule has 1 atom stereocenters. The van der Waals surface area contributed by atoms with Crippen LogP contribution in [0.4, 0.5) is 20.2 Å². The van der Waals surface area contributed by atoms with Crippen molar-refractivity contribution in [3.8, 4) is 5.69 Å². The van der Waals surface area contributed by atoms with Crippen molar-refractivity contribution in [2.75, 3.05) is 38.0 Å². The molecule has 1 aliphatic heterocycles. The van der Waals surface area contributed by atoms with Gasteiger partial charge in [-0.05, 0) is 117 Å². The van der Waals surface area contributed by atoms with E-state index in [0.29, 0.717) is 12.2 Å². The number of hydrogen-bond donors (Lipinski definition) is 4. The monoisotopic (exact) mass is 736 g/mol. The highest BCUT2D eigenvalue weighted by Crippen LogP contribution is 2.67. The lowest BCUT2D eigenvalue weighted by Gasteiger charge is -2.71. The molecule has 1 aromatic heterocycles. The van der Waals surface area contributed by atoms with Crippen LogP contribution in [0.1, 0.15) is 87.1 Å². The number of hydrogen-bond acceptors (Lipinski definition) is 9. The highest BCUT2D eigenvalue weighted by Gasteiger charge is 2.67. The average molecular weight is 737 g/mol. The largest absolute Gasteiger partial charge is 0.444 e. The predicted octanol–water partition coefficient (Wildman–Crippen LogP) is 4.18. The zero-order valence-corrected chi connectivity index (χ0v) is 32.6. The second kappa shape index (κ2) is 14.6. The first-order valence-electron chi connectivity index (χ1n) is 18.4. The van der Waals surface area contributed by atoms with Crippen LogP contribution in [0.5, 0.6) is 0 Å². The highest BCUT2D eigenvalue weighted by molar-refractivity contribution is 5.90. The Morgan fingerprint density at radius 3 is 1.96 bits per heavy atom. The number of benzene rings is 1. The molecule has 3 saturated carbocycles. The molecule has 2 bridgehead atoms. The van der Waals surface area contributed by atoms with Gasteiger partial charge in [-0.15, -0.1) is 0 Å². The second-order valence-electron chi connectivity index (χ2n) is 17.5. The molecule has 2 aromatic rings. The Bertz CT molecular complexity index is 1730. The zero-order chi connectivity index (χ0) is 39.0. The summed E-state index contributed by atoms with van der Waals surface area (Å²) in [5, 5.41) is 12.1. The van der Waals surface area contributed by atoms with E-state index in [1.807, 2.05) is 45.0 Å².